The maximum absolute atomic E-state index is 13.5. The molecule has 0 aliphatic rings. The molecule has 2 heterocycles. The van der Waals surface area contributed by atoms with Gasteiger partial charge in [-0.15, -0.1) is 0 Å². The number of carbonyl (C=O) groups excluding carboxylic acids is 1. The summed E-state index contributed by atoms with van der Waals surface area (Å²) in [6.45, 7) is 5.45. The fourth-order valence-corrected chi connectivity index (χ4v) is 3.84. The zero-order valence-electron chi connectivity index (χ0n) is 17.8. The Morgan fingerprint density at radius 1 is 0.844 bits per heavy atom. The topological polar surface area (TPSA) is 58.2 Å². The highest BCUT2D eigenvalue weighted by Gasteiger charge is 2.23. The Labute approximate surface area is 202 Å². The molecule has 0 radical (unpaired) electrons. The van der Waals surface area contributed by atoms with Crippen LogP contribution in [0.1, 0.15) is 20.8 Å². The lowest BCUT2D eigenvalue weighted by Gasteiger charge is -2.20. The average Bonchev–Trinajstić information content (AvgIpc) is 3.33. The second-order valence-corrected chi connectivity index (χ2v) is 10.0. The van der Waals surface area contributed by atoms with Crippen molar-refractivity contribution in [2.45, 2.75) is 26.4 Å². The molecule has 0 bridgehead atoms. The number of hydrogen-bond donors (Lipinski definition) is 0. The van der Waals surface area contributed by atoms with Crippen molar-refractivity contribution >= 4 is 38.0 Å². The van der Waals surface area contributed by atoms with Crippen LogP contribution in [0, 0.1) is 0 Å². The minimum Gasteiger partial charge on any atom is -0.443 e. The lowest BCUT2D eigenvalue weighted by molar-refractivity contribution is 0.0540. The van der Waals surface area contributed by atoms with Crippen LogP contribution in [0.2, 0.25) is 0 Å². The summed E-state index contributed by atoms with van der Waals surface area (Å²) in [6.07, 6.45) is 2.87. The Kier molecular flexibility index (Phi) is 6.01. The smallest absolute Gasteiger partial charge is 0.419 e. The molecule has 32 heavy (non-hydrogen) atoms. The number of rotatable bonds is 3. The number of nitrogens with zero attached hydrogens (tertiary/aromatic N) is 3. The third-order valence-corrected chi connectivity index (χ3v) is 5.74. The van der Waals surface area contributed by atoms with E-state index in [2.05, 4.69) is 31.9 Å². The zero-order chi connectivity index (χ0) is 23.0. The van der Waals surface area contributed by atoms with Gasteiger partial charge in [-0.2, -0.15) is 0 Å². The van der Waals surface area contributed by atoms with Crippen LogP contribution >= 0.6 is 31.9 Å². The number of aromatic nitrogens is 3. The molecule has 2 aromatic heterocycles. The second kappa shape index (κ2) is 8.60. The van der Waals surface area contributed by atoms with Crippen molar-refractivity contribution in [2.75, 3.05) is 0 Å². The summed E-state index contributed by atoms with van der Waals surface area (Å²) in [6, 6.07) is 18.5. The first kappa shape index (κ1) is 22.4. The summed E-state index contributed by atoms with van der Waals surface area (Å²) >= 11 is 6.87. The van der Waals surface area contributed by atoms with E-state index in [0.29, 0.717) is 22.8 Å². The van der Waals surface area contributed by atoms with Gasteiger partial charge >= 0.3 is 11.8 Å². The van der Waals surface area contributed by atoms with E-state index in [4.69, 9.17) is 4.74 Å². The van der Waals surface area contributed by atoms with E-state index in [1.54, 1.807) is 33.7 Å². The molecule has 0 N–H and O–H groups in total. The van der Waals surface area contributed by atoms with E-state index in [9.17, 15) is 9.59 Å². The first-order chi connectivity index (χ1) is 15.1. The Hall–Kier alpha value is -2.84. The standard InChI is InChI=1S/C24H21Br2N3O3/c1-24(2,3)32-23(31)27-14-4-5-20(27)21-15-28(18-10-6-16(25)7-11-18)22(30)29(21)19-12-8-17(26)9-13-19/h4-15H,1-3H3. The lowest BCUT2D eigenvalue weighted by Crippen LogP contribution is -2.27. The molecule has 8 heteroatoms. The zero-order valence-corrected chi connectivity index (χ0v) is 20.9. The summed E-state index contributed by atoms with van der Waals surface area (Å²) in [7, 11) is 0. The average molecular weight is 559 g/mol. The molecule has 0 atom stereocenters. The third-order valence-electron chi connectivity index (χ3n) is 4.68. The molecule has 0 spiro atoms. The molecule has 2 aromatic carbocycles. The van der Waals surface area contributed by atoms with Crippen molar-refractivity contribution < 1.29 is 9.53 Å². The predicted molar refractivity (Wildman–Crippen MR) is 132 cm³/mol. The highest BCUT2D eigenvalue weighted by molar-refractivity contribution is 9.10. The van der Waals surface area contributed by atoms with Gasteiger partial charge in [-0.3, -0.25) is 13.7 Å². The van der Waals surface area contributed by atoms with Gasteiger partial charge in [-0.25, -0.2) is 9.59 Å². The van der Waals surface area contributed by atoms with E-state index in [-0.39, 0.29) is 5.69 Å². The first-order valence-corrected chi connectivity index (χ1v) is 11.5. The maximum atomic E-state index is 13.5. The van der Waals surface area contributed by atoms with Crippen molar-refractivity contribution in [3.63, 3.8) is 0 Å². The van der Waals surface area contributed by atoms with Gasteiger partial charge in [0.15, 0.2) is 0 Å². The third kappa shape index (κ3) is 4.52. The van der Waals surface area contributed by atoms with E-state index in [0.717, 1.165) is 8.95 Å². The normalized spacial score (nSPS) is 11.5. The van der Waals surface area contributed by atoms with Crippen molar-refractivity contribution in [1.29, 1.82) is 0 Å². The molecule has 4 rings (SSSR count). The summed E-state index contributed by atoms with van der Waals surface area (Å²) in [5.41, 5.74) is 1.62. The van der Waals surface area contributed by atoms with Crippen LogP contribution in [-0.2, 0) is 4.74 Å². The maximum Gasteiger partial charge on any atom is 0.419 e. The molecule has 0 aliphatic carbocycles. The molecule has 6 nitrogen and oxygen atoms in total. The predicted octanol–water partition coefficient (Wildman–Crippen LogP) is 6.40. The molecule has 0 aliphatic heterocycles. The van der Waals surface area contributed by atoms with Gasteiger partial charge in [0.2, 0.25) is 0 Å². The second-order valence-electron chi connectivity index (χ2n) is 8.20. The summed E-state index contributed by atoms with van der Waals surface area (Å²) < 4.78 is 12.0. The minimum absolute atomic E-state index is 0.249. The Balaban J connectivity index is 1.93. The molecule has 4 aromatic rings. The van der Waals surface area contributed by atoms with Gasteiger partial charge in [0.25, 0.3) is 0 Å². The van der Waals surface area contributed by atoms with Crippen molar-refractivity contribution in [1.82, 2.24) is 13.7 Å². The van der Waals surface area contributed by atoms with Crippen molar-refractivity contribution in [2.24, 2.45) is 0 Å². The minimum atomic E-state index is -0.645. The molecule has 0 saturated carbocycles. The van der Waals surface area contributed by atoms with Gasteiger partial charge in [-0.05, 0) is 81.4 Å². The van der Waals surface area contributed by atoms with Gasteiger partial charge in [0.05, 0.1) is 22.8 Å². The van der Waals surface area contributed by atoms with E-state index in [1.807, 2.05) is 69.3 Å². The van der Waals surface area contributed by atoms with Crippen LogP contribution in [-0.4, -0.2) is 25.4 Å². The Morgan fingerprint density at radius 3 is 1.97 bits per heavy atom. The summed E-state index contributed by atoms with van der Waals surface area (Å²) in [4.78, 5) is 26.4. The number of benzene rings is 2. The van der Waals surface area contributed by atoms with E-state index < -0.39 is 11.7 Å². The molecule has 0 amide bonds. The highest BCUT2D eigenvalue weighted by Crippen LogP contribution is 2.26. The number of imidazole rings is 1. The quantitative estimate of drug-likeness (QED) is 0.292. The number of ether oxygens (including phenoxy) is 1. The van der Waals surface area contributed by atoms with Crippen LogP contribution in [0.5, 0.6) is 0 Å². The molecular formula is C24H21Br2N3O3. The fraction of sp³-hybridized carbons (Fsp3) is 0.167. The summed E-state index contributed by atoms with van der Waals surface area (Å²) in [5, 5.41) is 0. The number of carbonyl (C=O) groups is 1. The molecule has 164 valence electrons. The molecule has 0 saturated heterocycles. The molecule has 0 fully saturated rings. The summed E-state index contributed by atoms with van der Waals surface area (Å²) in [5.74, 6) is 0. The van der Waals surface area contributed by atoms with Crippen LogP contribution in [0.4, 0.5) is 4.79 Å². The molecule has 0 unspecified atom stereocenters. The van der Waals surface area contributed by atoms with Gasteiger partial charge < -0.3 is 4.74 Å². The van der Waals surface area contributed by atoms with Crippen molar-refractivity contribution in [3.8, 4) is 22.8 Å². The fourth-order valence-electron chi connectivity index (χ4n) is 3.31. The van der Waals surface area contributed by atoms with Gasteiger partial charge in [0, 0.05) is 21.3 Å². The van der Waals surface area contributed by atoms with Crippen LogP contribution in [0.3, 0.4) is 0 Å². The van der Waals surface area contributed by atoms with Crippen LogP contribution < -0.4 is 5.69 Å². The monoisotopic (exact) mass is 557 g/mol. The van der Waals surface area contributed by atoms with Crippen molar-refractivity contribution in [3.05, 3.63) is 92.5 Å². The Morgan fingerprint density at radius 2 is 1.41 bits per heavy atom. The molecular weight excluding hydrogens is 538 g/mol. The SMILES string of the molecule is CC(C)(C)OC(=O)n1cccc1-c1cn(-c2ccc(Br)cc2)c(=O)n1-c1ccc(Br)cc1. The van der Waals surface area contributed by atoms with Crippen LogP contribution in [0.15, 0.2) is 86.8 Å². The number of halogens is 2. The van der Waals surface area contributed by atoms with Gasteiger partial charge in [0.1, 0.15) is 5.60 Å². The largest absolute Gasteiger partial charge is 0.443 e. The lowest BCUT2D eigenvalue weighted by atomic mass is 10.2. The Bertz CT molecular complexity index is 1320. The van der Waals surface area contributed by atoms with E-state index >= 15 is 0 Å². The number of hydrogen-bond acceptors (Lipinski definition) is 3. The highest BCUT2D eigenvalue weighted by atomic mass is 79.9. The first-order valence-electron chi connectivity index (χ1n) is 9.91. The van der Waals surface area contributed by atoms with Gasteiger partial charge in [-0.1, -0.05) is 31.9 Å². The van der Waals surface area contributed by atoms with E-state index in [1.165, 1.54) is 4.57 Å². The van der Waals surface area contributed by atoms with Crippen LogP contribution in [0.25, 0.3) is 22.8 Å².